The Bertz CT molecular complexity index is 865. The summed E-state index contributed by atoms with van der Waals surface area (Å²) in [6.07, 6.45) is 0. The molecule has 4 heteroatoms. The molecule has 3 aromatic rings. The van der Waals surface area contributed by atoms with Gasteiger partial charge in [0.15, 0.2) is 0 Å². The summed E-state index contributed by atoms with van der Waals surface area (Å²) < 4.78 is 0. The molecule has 0 aliphatic carbocycles. The lowest BCUT2D eigenvalue weighted by molar-refractivity contribution is 0.575. The van der Waals surface area contributed by atoms with Gasteiger partial charge in [-0.05, 0) is 24.6 Å². The van der Waals surface area contributed by atoms with Gasteiger partial charge < -0.3 is 4.98 Å². The van der Waals surface area contributed by atoms with Gasteiger partial charge in [-0.1, -0.05) is 62.7 Å². The first-order chi connectivity index (χ1) is 10.9. The third kappa shape index (κ3) is 3.02. The quantitative estimate of drug-likeness (QED) is 0.501. The molecule has 3 rings (SSSR count). The number of para-hydroxylation sites is 1. The minimum atomic E-state index is -0.0527. The van der Waals surface area contributed by atoms with Crippen molar-refractivity contribution in [2.75, 3.05) is 0 Å². The van der Waals surface area contributed by atoms with Crippen LogP contribution in [0, 0.1) is 6.92 Å². The van der Waals surface area contributed by atoms with Gasteiger partial charge in [0.1, 0.15) is 11.4 Å². The SMILES string of the molecule is Cc1cccc(Cl)c1N=Nc1c(C(C)(C)C)[nH]c2ccccc12. The zero-order chi connectivity index (χ0) is 16.6. The van der Waals surface area contributed by atoms with Crippen molar-refractivity contribution < 1.29 is 0 Å². The number of halogens is 1. The van der Waals surface area contributed by atoms with E-state index in [4.69, 9.17) is 11.6 Å². The van der Waals surface area contributed by atoms with Crippen molar-refractivity contribution in [2.24, 2.45) is 10.2 Å². The van der Waals surface area contributed by atoms with Crippen molar-refractivity contribution in [3.8, 4) is 0 Å². The summed E-state index contributed by atoms with van der Waals surface area (Å²) in [6.45, 7) is 8.48. The highest BCUT2D eigenvalue weighted by Gasteiger charge is 2.22. The van der Waals surface area contributed by atoms with Crippen LogP contribution in [0.2, 0.25) is 5.02 Å². The summed E-state index contributed by atoms with van der Waals surface area (Å²) in [7, 11) is 0. The van der Waals surface area contributed by atoms with E-state index in [0.717, 1.165) is 33.5 Å². The number of hydrogen-bond donors (Lipinski definition) is 1. The molecule has 3 nitrogen and oxygen atoms in total. The molecule has 2 aromatic carbocycles. The molecule has 1 heterocycles. The van der Waals surface area contributed by atoms with Gasteiger partial charge in [0.05, 0.1) is 5.02 Å². The van der Waals surface area contributed by atoms with E-state index in [2.05, 4.69) is 48.1 Å². The molecule has 0 spiro atoms. The average Bonchev–Trinajstić information content (AvgIpc) is 2.86. The first-order valence-electron chi connectivity index (χ1n) is 7.66. The minimum Gasteiger partial charge on any atom is -0.356 e. The molecule has 1 N–H and O–H groups in total. The van der Waals surface area contributed by atoms with Crippen LogP contribution < -0.4 is 0 Å². The van der Waals surface area contributed by atoms with Gasteiger partial charge >= 0.3 is 0 Å². The maximum atomic E-state index is 6.26. The first-order valence-corrected chi connectivity index (χ1v) is 8.04. The summed E-state index contributed by atoms with van der Waals surface area (Å²) in [5, 5.41) is 10.7. The van der Waals surface area contributed by atoms with Gasteiger partial charge in [-0.15, -0.1) is 10.2 Å². The fourth-order valence-corrected chi connectivity index (χ4v) is 2.88. The molecule has 118 valence electrons. The lowest BCUT2D eigenvalue weighted by atomic mass is 9.91. The van der Waals surface area contributed by atoms with Gasteiger partial charge in [-0.3, -0.25) is 0 Å². The smallest absolute Gasteiger partial charge is 0.115 e. The number of nitrogens with zero attached hydrogens (tertiary/aromatic N) is 2. The molecule has 0 bridgehead atoms. The number of azo groups is 1. The Morgan fingerprint density at radius 1 is 0.913 bits per heavy atom. The highest BCUT2D eigenvalue weighted by Crippen LogP contribution is 2.39. The number of H-pyrrole nitrogens is 1. The highest BCUT2D eigenvalue weighted by atomic mass is 35.5. The highest BCUT2D eigenvalue weighted by molar-refractivity contribution is 6.33. The number of hydrogen-bond acceptors (Lipinski definition) is 2. The molecule has 0 aliphatic heterocycles. The van der Waals surface area contributed by atoms with E-state index >= 15 is 0 Å². The monoisotopic (exact) mass is 325 g/mol. The van der Waals surface area contributed by atoms with Crippen LogP contribution in [-0.2, 0) is 5.41 Å². The third-order valence-electron chi connectivity index (χ3n) is 3.87. The van der Waals surface area contributed by atoms with E-state index in [9.17, 15) is 0 Å². The molecule has 0 saturated heterocycles. The van der Waals surface area contributed by atoms with Crippen LogP contribution in [0.5, 0.6) is 0 Å². The van der Waals surface area contributed by atoms with E-state index < -0.39 is 0 Å². The third-order valence-corrected chi connectivity index (χ3v) is 4.17. The van der Waals surface area contributed by atoms with Crippen LogP contribution in [0.15, 0.2) is 52.7 Å². The van der Waals surface area contributed by atoms with Crippen molar-refractivity contribution in [2.45, 2.75) is 33.1 Å². The minimum absolute atomic E-state index is 0.0527. The molecular weight excluding hydrogens is 306 g/mol. The van der Waals surface area contributed by atoms with E-state index in [0.29, 0.717) is 5.02 Å². The fraction of sp³-hybridized carbons (Fsp3) is 0.263. The van der Waals surface area contributed by atoms with E-state index in [1.807, 2.05) is 37.3 Å². The number of aryl methyl sites for hydroxylation is 1. The van der Waals surface area contributed by atoms with Crippen molar-refractivity contribution in [3.05, 3.63) is 58.7 Å². The second-order valence-corrected chi connectivity index (χ2v) is 7.16. The van der Waals surface area contributed by atoms with Crippen LogP contribution in [0.1, 0.15) is 32.0 Å². The number of rotatable bonds is 2. The van der Waals surface area contributed by atoms with Crippen LogP contribution in [0.4, 0.5) is 11.4 Å². The summed E-state index contributed by atoms with van der Waals surface area (Å²) in [4.78, 5) is 3.48. The van der Waals surface area contributed by atoms with Gasteiger partial charge in [-0.2, -0.15) is 0 Å². The van der Waals surface area contributed by atoms with Gasteiger partial charge in [0.25, 0.3) is 0 Å². The fourth-order valence-electron chi connectivity index (χ4n) is 2.62. The number of fused-ring (bicyclic) bond motifs is 1. The summed E-state index contributed by atoms with van der Waals surface area (Å²) in [6, 6.07) is 13.9. The Morgan fingerprint density at radius 2 is 1.61 bits per heavy atom. The molecule has 0 amide bonds. The van der Waals surface area contributed by atoms with Crippen LogP contribution in [-0.4, -0.2) is 4.98 Å². The predicted molar refractivity (Wildman–Crippen MR) is 97.4 cm³/mol. The molecular formula is C19H20ClN3. The lowest BCUT2D eigenvalue weighted by Crippen LogP contribution is -2.11. The number of benzene rings is 2. The summed E-state index contributed by atoms with van der Waals surface area (Å²) >= 11 is 6.26. The lowest BCUT2D eigenvalue weighted by Gasteiger charge is -2.17. The average molecular weight is 326 g/mol. The zero-order valence-corrected chi connectivity index (χ0v) is 14.6. The van der Waals surface area contributed by atoms with Gasteiger partial charge in [0, 0.05) is 22.0 Å². The largest absolute Gasteiger partial charge is 0.356 e. The Balaban J connectivity index is 2.18. The number of aromatic amines is 1. The Kier molecular flexibility index (Phi) is 3.99. The van der Waals surface area contributed by atoms with Gasteiger partial charge in [-0.25, -0.2) is 0 Å². The summed E-state index contributed by atoms with van der Waals surface area (Å²) in [5.41, 5.74) is 4.71. The zero-order valence-electron chi connectivity index (χ0n) is 13.8. The topological polar surface area (TPSA) is 40.5 Å². The van der Waals surface area contributed by atoms with E-state index in [1.54, 1.807) is 0 Å². The standard InChI is InChI=1S/C19H20ClN3/c1-12-8-7-10-14(20)16(12)22-23-17-13-9-5-6-11-15(13)21-18(17)19(2,3)4/h5-11,21H,1-4H3. The molecule has 0 aliphatic rings. The molecule has 0 unspecified atom stereocenters. The maximum Gasteiger partial charge on any atom is 0.115 e. The second kappa shape index (κ2) is 5.82. The Hall–Kier alpha value is -2.13. The van der Waals surface area contributed by atoms with Crippen LogP contribution >= 0.6 is 11.6 Å². The molecule has 0 radical (unpaired) electrons. The molecule has 0 fully saturated rings. The van der Waals surface area contributed by atoms with Crippen molar-refractivity contribution >= 4 is 33.9 Å². The van der Waals surface area contributed by atoms with Crippen molar-refractivity contribution in [1.82, 2.24) is 4.98 Å². The second-order valence-electron chi connectivity index (χ2n) is 6.75. The first kappa shape index (κ1) is 15.8. The van der Waals surface area contributed by atoms with Crippen molar-refractivity contribution in [1.29, 1.82) is 0 Å². The van der Waals surface area contributed by atoms with E-state index in [1.165, 1.54) is 0 Å². The molecule has 1 aromatic heterocycles. The Labute approximate surface area is 141 Å². The molecule has 0 saturated carbocycles. The van der Waals surface area contributed by atoms with Crippen LogP contribution in [0.25, 0.3) is 10.9 Å². The summed E-state index contributed by atoms with van der Waals surface area (Å²) in [5.74, 6) is 0. The predicted octanol–water partition coefficient (Wildman–Crippen LogP) is 6.84. The van der Waals surface area contributed by atoms with E-state index in [-0.39, 0.29) is 5.41 Å². The number of aromatic nitrogens is 1. The molecule has 0 atom stereocenters. The van der Waals surface area contributed by atoms with Crippen LogP contribution in [0.3, 0.4) is 0 Å². The normalized spacial score (nSPS) is 12.4. The Morgan fingerprint density at radius 3 is 2.30 bits per heavy atom. The number of nitrogens with one attached hydrogen (secondary N) is 1. The van der Waals surface area contributed by atoms with Crippen molar-refractivity contribution in [3.63, 3.8) is 0 Å². The maximum absolute atomic E-state index is 6.26. The van der Waals surface area contributed by atoms with Gasteiger partial charge in [0.2, 0.25) is 0 Å². The molecule has 23 heavy (non-hydrogen) atoms.